The quantitative estimate of drug-likeness (QED) is 0.490. The van der Waals surface area contributed by atoms with Crippen LogP contribution in [0.25, 0.3) is 21.3 Å². The van der Waals surface area contributed by atoms with E-state index < -0.39 is 0 Å². The van der Waals surface area contributed by atoms with Gasteiger partial charge < -0.3 is 9.80 Å². The minimum Gasteiger partial charge on any atom is -0.354 e. The maximum atomic E-state index is 12.9. The van der Waals surface area contributed by atoms with Crippen molar-refractivity contribution in [3.63, 3.8) is 0 Å². The molecule has 1 fully saturated rings. The number of carbonyl (C=O) groups excluding carboxylic acids is 1. The number of nitrogens with zero attached hydrogens (tertiary/aromatic N) is 6. The van der Waals surface area contributed by atoms with E-state index in [1.54, 1.807) is 24.7 Å². The van der Waals surface area contributed by atoms with Gasteiger partial charge in [-0.3, -0.25) is 10.1 Å². The van der Waals surface area contributed by atoms with Crippen LogP contribution in [0.4, 0.5) is 11.8 Å². The lowest BCUT2D eigenvalue weighted by atomic mass is 10.1. The van der Waals surface area contributed by atoms with Crippen LogP contribution in [0.15, 0.2) is 48.9 Å². The standard InChI is InChI=1S/C22H20ClN7OS/c1-29-6-8-30(9-7-29)19-11-15(4-5-24-19)20(31)28-22-26-12-16-3-2-14(10-17(16)27-22)18-13-25-21(23)32-18/h2-5,10-13H,6-9H2,1H3,(H,26,27,28,31). The molecule has 3 aromatic heterocycles. The molecule has 0 aliphatic carbocycles. The van der Waals surface area contributed by atoms with Crippen LogP contribution in [-0.2, 0) is 0 Å². The first-order valence-electron chi connectivity index (χ1n) is 10.1. The van der Waals surface area contributed by atoms with E-state index in [1.165, 1.54) is 11.3 Å². The average molecular weight is 466 g/mol. The predicted octanol–water partition coefficient (Wildman–Crippen LogP) is 3.81. The molecule has 4 heterocycles. The summed E-state index contributed by atoms with van der Waals surface area (Å²) in [6.07, 6.45) is 5.10. The smallest absolute Gasteiger partial charge is 0.258 e. The van der Waals surface area contributed by atoms with E-state index >= 15 is 0 Å². The summed E-state index contributed by atoms with van der Waals surface area (Å²) in [5.74, 6) is 0.783. The number of aromatic nitrogens is 4. The van der Waals surface area contributed by atoms with E-state index in [0.717, 1.165) is 53.3 Å². The lowest BCUT2D eigenvalue weighted by Crippen LogP contribution is -2.44. The highest BCUT2D eigenvalue weighted by molar-refractivity contribution is 7.18. The molecule has 1 aromatic carbocycles. The number of rotatable bonds is 4. The van der Waals surface area contributed by atoms with E-state index in [4.69, 9.17) is 11.6 Å². The van der Waals surface area contributed by atoms with Crippen LogP contribution in [-0.4, -0.2) is 64.0 Å². The summed E-state index contributed by atoms with van der Waals surface area (Å²) in [7, 11) is 2.10. The number of nitrogens with one attached hydrogen (secondary N) is 1. The van der Waals surface area contributed by atoms with E-state index in [0.29, 0.717) is 10.0 Å². The molecule has 8 nitrogen and oxygen atoms in total. The first-order valence-corrected chi connectivity index (χ1v) is 11.3. The minimum absolute atomic E-state index is 0.250. The molecule has 0 bridgehead atoms. The molecule has 5 rings (SSSR count). The van der Waals surface area contributed by atoms with Gasteiger partial charge in [0.1, 0.15) is 5.82 Å². The normalized spacial score (nSPS) is 14.6. The second-order valence-corrected chi connectivity index (χ2v) is 9.20. The first-order chi connectivity index (χ1) is 15.5. The van der Waals surface area contributed by atoms with Crippen molar-refractivity contribution in [3.8, 4) is 10.4 Å². The Bertz CT molecular complexity index is 1290. The van der Waals surface area contributed by atoms with Crippen LogP contribution in [0.5, 0.6) is 0 Å². The summed E-state index contributed by atoms with van der Waals surface area (Å²) in [4.78, 5) is 35.6. The number of amides is 1. The molecule has 0 saturated carbocycles. The Hall–Kier alpha value is -3.14. The van der Waals surface area contributed by atoms with Gasteiger partial charge in [0.05, 0.1) is 10.4 Å². The minimum atomic E-state index is -0.271. The summed E-state index contributed by atoms with van der Waals surface area (Å²) in [6, 6.07) is 9.36. The van der Waals surface area contributed by atoms with Gasteiger partial charge in [-0.1, -0.05) is 23.7 Å². The number of halogens is 1. The van der Waals surface area contributed by atoms with Gasteiger partial charge in [-0.25, -0.2) is 19.9 Å². The Morgan fingerprint density at radius 1 is 1.06 bits per heavy atom. The highest BCUT2D eigenvalue weighted by Crippen LogP contribution is 2.30. The van der Waals surface area contributed by atoms with Gasteiger partial charge in [0.15, 0.2) is 4.47 Å². The van der Waals surface area contributed by atoms with Gasteiger partial charge in [-0.2, -0.15) is 0 Å². The largest absolute Gasteiger partial charge is 0.354 e. The zero-order valence-corrected chi connectivity index (χ0v) is 18.9. The predicted molar refractivity (Wildman–Crippen MR) is 128 cm³/mol. The Balaban J connectivity index is 1.36. The maximum absolute atomic E-state index is 12.9. The molecule has 0 radical (unpaired) electrons. The highest BCUT2D eigenvalue weighted by atomic mass is 35.5. The van der Waals surface area contributed by atoms with Gasteiger partial charge in [-0.05, 0) is 30.8 Å². The van der Waals surface area contributed by atoms with Crippen LogP contribution in [0.2, 0.25) is 4.47 Å². The molecule has 32 heavy (non-hydrogen) atoms. The molecule has 0 atom stereocenters. The molecule has 10 heteroatoms. The maximum Gasteiger partial charge on any atom is 0.258 e. The van der Waals surface area contributed by atoms with Gasteiger partial charge in [0.25, 0.3) is 5.91 Å². The Morgan fingerprint density at radius 3 is 2.69 bits per heavy atom. The van der Waals surface area contributed by atoms with E-state index in [-0.39, 0.29) is 11.9 Å². The summed E-state index contributed by atoms with van der Waals surface area (Å²) in [5, 5.41) is 3.68. The van der Waals surface area contributed by atoms with E-state index in [2.05, 4.69) is 42.1 Å². The third kappa shape index (κ3) is 4.40. The van der Waals surface area contributed by atoms with Crippen LogP contribution in [0.3, 0.4) is 0 Å². The summed E-state index contributed by atoms with van der Waals surface area (Å²) < 4.78 is 0.490. The molecule has 162 valence electrons. The first kappa shape index (κ1) is 20.7. The molecule has 1 N–H and O–H groups in total. The lowest BCUT2D eigenvalue weighted by Gasteiger charge is -2.33. The molecular formula is C22H20ClN7OS. The third-order valence-electron chi connectivity index (χ3n) is 5.41. The third-order valence-corrected chi connectivity index (χ3v) is 6.57. The van der Waals surface area contributed by atoms with Crippen LogP contribution < -0.4 is 10.2 Å². The van der Waals surface area contributed by atoms with Crippen molar-refractivity contribution in [3.05, 3.63) is 59.0 Å². The number of piperazine rings is 1. The highest BCUT2D eigenvalue weighted by Gasteiger charge is 2.17. The molecule has 1 aliphatic heterocycles. The van der Waals surface area contributed by atoms with Crippen molar-refractivity contribution < 1.29 is 4.79 Å². The summed E-state index contributed by atoms with van der Waals surface area (Å²) >= 11 is 7.36. The van der Waals surface area contributed by atoms with Crippen molar-refractivity contribution in [1.82, 2.24) is 24.8 Å². The molecular weight excluding hydrogens is 446 g/mol. The lowest BCUT2D eigenvalue weighted by molar-refractivity contribution is 0.102. The number of hydrogen-bond donors (Lipinski definition) is 1. The average Bonchev–Trinajstić information content (AvgIpc) is 3.25. The van der Waals surface area contributed by atoms with Crippen molar-refractivity contribution in [2.24, 2.45) is 0 Å². The summed E-state index contributed by atoms with van der Waals surface area (Å²) in [5.41, 5.74) is 2.21. The van der Waals surface area contributed by atoms with Crippen molar-refractivity contribution in [2.45, 2.75) is 0 Å². The zero-order valence-electron chi connectivity index (χ0n) is 17.3. The van der Waals surface area contributed by atoms with Gasteiger partial charge in [-0.15, -0.1) is 11.3 Å². The molecule has 1 saturated heterocycles. The summed E-state index contributed by atoms with van der Waals surface area (Å²) in [6.45, 7) is 3.71. The number of thiazole rings is 1. The number of pyridine rings is 1. The molecule has 4 aromatic rings. The topological polar surface area (TPSA) is 87.1 Å². The SMILES string of the molecule is CN1CCN(c2cc(C(=O)Nc3ncc4ccc(-c5cnc(Cl)s5)cc4n3)ccn2)CC1. The van der Waals surface area contributed by atoms with E-state index in [1.807, 2.05) is 24.3 Å². The number of hydrogen-bond acceptors (Lipinski definition) is 8. The van der Waals surface area contributed by atoms with Crippen molar-refractivity contribution in [2.75, 3.05) is 43.4 Å². The second-order valence-electron chi connectivity index (χ2n) is 7.59. The van der Waals surface area contributed by atoms with Gasteiger partial charge in [0, 0.05) is 55.7 Å². The number of benzene rings is 1. The van der Waals surface area contributed by atoms with Crippen LogP contribution in [0, 0.1) is 0 Å². The number of likely N-dealkylation sites (N-methyl/N-ethyl adjacent to an activating group) is 1. The molecule has 1 amide bonds. The van der Waals surface area contributed by atoms with Crippen LogP contribution in [0.1, 0.15) is 10.4 Å². The second kappa shape index (κ2) is 8.78. The molecule has 1 aliphatic rings. The van der Waals surface area contributed by atoms with Crippen molar-refractivity contribution >= 4 is 51.5 Å². The van der Waals surface area contributed by atoms with Crippen molar-refractivity contribution in [1.29, 1.82) is 0 Å². The van der Waals surface area contributed by atoms with Crippen LogP contribution >= 0.6 is 22.9 Å². The molecule has 0 unspecified atom stereocenters. The Kier molecular flexibility index (Phi) is 5.69. The van der Waals surface area contributed by atoms with E-state index in [9.17, 15) is 4.79 Å². The fourth-order valence-electron chi connectivity index (χ4n) is 3.56. The monoisotopic (exact) mass is 465 g/mol. The number of carbonyl (C=O) groups is 1. The number of fused-ring (bicyclic) bond motifs is 1. The fourth-order valence-corrected chi connectivity index (χ4v) is 4.50. The Labute approximate surface area is 193 Å². The number of anilines is 2. The van der Waals surface area contributed by atoms with Gasteiger partial charge >= 0.3 is 0 Å². The Morgan fingerprint density at radius 2 is 1.91 bits per heavy atom. The van der Waals surface area contributed by atoms with Gasteiger partial charge in [0.2, 0.25) is 5.95 Å². The zero-order chi connectivity index (χ0) is 22.1. The fraction of sp³-hybridized carbons (Fsp3) is 0.227. The molecule has 0 spiro atoms.